The third-order valence-electron chi connectivity index (χ3n) is 5.78. The summed E-state index contributed by atoms with van der Waals surface area (Å²) in [4.78, 5) is 27.3. The molecule has 0 aliphatic carbocycles. The maximum atomic E-state index is 13.7. The molecule has 3 aromatic rings. The second kappa shape index (κ2) is 10.2. The number of nitrogens with zero attached hydrogens (tertiary/aromatic N) is 1. The molecule has 0 radical (unpaired) electrons. The van der Waals surface area contributed by atoms with Gasteiger partial charge in [-0.05, 0) is 67.7 Å². The number of halogens is 2. The highest BCUT2D eigenvalue weighted by atomic mass is 35.5. The summed E-state index contributed by atoms with van der Waals surface area (Å²) in [6, 6.07) is 12.7. The third kappa shape index (κ3) is 5.05. The fourth-order valence-corrected chi connectivity index (χ4v) is 4.05. The Kier molecular flexibility index (Phi) is 7.14. The number of rotatable bonds is 8. The Morgan fingerprint density at radius 1 is 1.15 bits per heavy atom. The van der Waals surface area contributed by atoms with Gasteiger partial charge in [-0.15, -0.1) is 0 Å². The van der Waals surface area contributed by atoms with Crippen molar-refractivity contribution in [2.45, 2.75) is 13.8 Å². The molecule has 6 nitrogen and oxygen atoms in total. The highest BCUT2D eigenvalue weighted by Gasteiger charge is 2.25. The predicted molar refractivity (Wildman–Crippen MR) is 132 cm³/mol. The fourth-order valence-electron chi connectivity index (χ4n) is 3.85. The number of benzene rings is 2. The Labute approximate surface area is 202 Å². The average molecular weight is 482 g/mol. The molecule has 4 rings (SSSR count). The Morgan fingerprint density at radius 3 is 2.71 bits per heavy atom. The molecular weight excluding hydrogens is 457 g/mol. The van der Waals surface area contributed by atoms with Crippen LogP contribution in [0.2, 0.25) is 5.02 Å². The van der Waals surface area contributed by atoms with Crippen molar-refractivity contribution in [2.75, 3.05) is 31.5 Å². The molecule has 1 aromatic heterocycles. The minimum absolute atomic E-state index is 0.255. The number of carbonyl (C=O) groups is 2. The van der Waals surface area contributed by atoms with E-state index >= 15 is 0 Å². The highest BCUT2D eigenvalue weighted by molar-refractivity contribution is 6.35. The lowest BCUT2D eigenvalue weighted by Gasteiger charge is -2.18. The van der Waals surface area contributed by atoms with Crippen LogP contribution in [0, 0.1) is 5.82 Å². The van der Waals surface area contributed by atoms with Gasteiger partial charge in [0.1, 0.15) is 17.3 Å². The summed E-state index contributed by atoms with van der Waals surface area (Å²) in [7, 11) is 0. The molecule has 34 heavy (non-hydrogen) atoms. The smallest absolute Gasteiger partial charge is 0.256 e. The summed E-state index contributed by atoms with van der Waals surface area (Å²) in [6.07, 6.45) is 1.57. The van der Waals surface area contributed by atoms with E-state index in [0.29, 0.717) is 51.0 Å². The molecule has 2 heterocycles. The van der Waals surface area contributed by atoms with E-state index in [9.17, 15) is 14.0 Å². The molecule has 2 N–H and O–H groups in total. The van der Waals surface area contributed by atoms with Gasteiger partial charge < -0.3 is 20.0 Å². The third-order valence-corrected chi connectivity index (χ3v) is 6.11. The molecule has 0 atom stereocenters. The van der Waals surface area contributed by atoms with Gasteiger partial charge in [0.05, 0.1) is 16.2 Å². The molecule has 176 valence electrons. The van der Waals surface area contributed by atoms with Crippen LogP contribution in [0.25, 0.3) is 23.0 Å². The van der Waals surface area contributed by atoms with Crippen LogP contribution in [-0.4, -0.2) is 42.9 Å². The van der Waals surface area contributed by atoms with Gasteiger partial charge in [0.15, 0.2) is 0 Å². The monoisotopic (exact) mass is 481 g/mol. The Morgan fingerprint density at radius 2 is 1.94 bits per heavy atom. The number of amides is 2. The van der Waals surface area contributed by atoms with Gasteiger partial charge in [-0.25, -0.2) is 4.39 Å². The number of nitrogens with one attached hydrogen (secondary N) is 2. The van der Waals surface area contributed by atoms with Crippen molar-refractivity contribution >= 4 is 40.8 Å². The summed E-state index contributed by atoms with van der Waals surface area (Å²) in [5.41, 5.74) is 2.39. The second-order valence-electron chi connectivity index (χ2n) is 7.88. The standard InChI is InChI=1S/C26H25ClFN3O3/c1-3-31(4-2)12-11-29-25(32)21-13-16(5-8-22(21)27)24-10-7-18(34-24)15-20-19-14-17(28)6-9-23(19)30-26(20)33/h5-10,13-15H,3-4,11-12H2,1-2H3,(H,29,32)(H,30,33)/b20-15+. The first-order valence-corrected chi connectivity index (χ1v) is 11.5. The van der Waals surface area contributed by atoms with Crippen LogP contribution in [0.5, 0.6) is 0 Å². The molecule has 2 amide bonds. The van der Waals surface area contributed by atoms with E-state index in [1.54, 1.807) is 36.4 Å². The van der Waals surface area contributed by atoms with Gasteiger partial charge in [0, 0.05) is 29.9 Å². The fraction of sp³-hybridized carbons (Fsp3) is 0.231. The van der Waals surface area contributed by atoms with Crippen LogP contribution in [0.1, 0.15) is 35.5 Å². The van der Waals surface area contributed by atoms with E-state index in [-0.39, 0.29) is 11.8 Å². The van der Waals surface area contributed by atoms with Crippen molar-refractivity contribution < 1.29 is 18.4 Å². The van der Waals surface area contributed by atoms with Gasteiger partial charge in [-0.2, -0.15) is 0 Å². The predicted octanol–water partition coefficient (Wildman–Crippen LogP) is 5.30. The molecule has 0 saturated carbocycles. The first kappa shape index (κ1) is 23.7. The Balaban J connectivity index is 1.53. The Hall–Kier alpha value is -3.42. The van der Waals surface area contributed by atoms with Crippen LogP contribution in [0.4, 0.5) is 10.1 Å². The van der Waals surface area contributed by atoms with Crippen molar-refractivity contribution in [3.05, 3.63) is 76.3 Å². The number of furan rings is 1. The summed E-state index contributed by atoms with van der Waals surface area (Å²) in [6.45, 7) is 7.27. The van der Waals surface area contributed by atoms with E-state index in [1.165, 1.54) is 18.2 Å². The number of hydrogen-bond acceptors (Lipinski definition) is 4. The quantitative estimate of drug-likeness (QED) is 0.428. The van der Waals surface area contributed by atoms with E-state index in [1.807, 2.05) is 0 Å². The lowest BCUT2D eigenvalue weighted by atomic mass is 10.1. The van der Waals surface area contributed by atoms with Crippen molar-refractivity contribution in [3.63, 3.8) is 0 Å². The van der Waals surface area contributed by atoms with Gasteiger partial charge in [-0.3, -0.25) is 9.59 Å². The number of hydrogen-bond donors (Lipinski definition) is 2. The minimum Gasteiger partial charge on any atom is -0.457 e. The molecule has 1 aliphatic heterocycles. The normalized spacial score (nSPS) is 13.9. The van der Waals surface area contributed by atoms with Gasteiger partial charge >= 0.3 is 0 Å². The number of anilines is 1. The average Bonchev–Trinajstić information content (AvgIpc) is 3.41. The molecule has 0 unspecified atom stereocenters. The van der Waals surface area contributed by atoms with Crippen molar-refractivity contribution in [1.82, 2.24) is 10.2 Å². The summed E-state index contributed by atoms with van der Waals surface area (Å²) >= 11 is 6.28. The highest BCUT2D eigenvalue weighted by Crippen LogP contribution is 2.34. The lowest BCUT2D eigenvalue weighted by molar-refractivity contribution is -0.110. The summed E-state index contributed by atoms with van der Waals surface area (Å²) in [5.74, 6) is -0.0655. The summed E-state index contributed by atoms with van der Waals surface area (Å²) < 4.78 is 19.6. The number of likely N-dealkylation sites (N-methyl/N-ethyl adjacent to an activating group) is 1. The topological polar surface area (TPSA) is 74.6 Å². The molecule has 0 fully saturated rings. The van der Waals surface area contributed by atoms with Crippen LogP contribution < -0.4 is 10.6 Å². The number of carbonyl (C=O) groups excluding carboxylic acids is 2. The number of fused-ring (bicyclic) bond motifs is 1. The van der Waals surface area contributed by atoms with Gasteiger partial charge in [-0.1, -0.05) is 25.4 Å². The van der Waals surface area contributed by atoms with Crippen LogP contribution >= 0.6 is 11.6 Å². The van der Waals surface area contributed by atoms with E-state index < -0.39 is 5.82 Å². The zero-order valence-corrected chi connectivity index (χ0v) is 19.7. The van der Waals surface area contributed by atoms with Gasteiger partial charge in [0.25, 0.3) is 11.8 Å². The molecule has 0 spiro atoms. The van der Waals surface area contributed by atoms with E-state index in [2.05, 4.69) is 29.4 Å². The van der Waals surface area contributed by atoms with Crippen LogP contribution in [-0.2, 0) is 4.79 Å². The largest absolute Gasteiger partial charge is 0.457 e. The lowest BCUT2D eigenvalue weighted by Crippen LogP contribution is -2.34. The molecule has 8 heteroatoms. The zero-order chi connectivity index (χ0) is 24.2. The first-order chi connectivity index (χ1) is 16.4. The summed E-state index contributed by atoms with van der Waals surface area (Å²) in [5, 5.41) is 5.97. The van der Waals surface area contributed by atoms with Crippen molar-refractivity contribution in [1.29, 1.82) is 0 Å². The van der Waals surface area contributed by atoms with Crippen molar-refractivity contribution in [2.24, 2.45) is 0 Å². The van der Waals surface area contributed by atoms with Crippen LogP contribution in [0.3, 0.4) is 0 Å². The molecule has 0 saturated heterocycles. The maximum absolute atomic E-state index is 13.7. The molecule has 1 aliphatic rings. The second-order valence-corrected chi connectivity index (χ2v) is 8.29. The van der Waals surface area contributed by atoms with Gasteiger partial charge in [0.2, 0.25) is 0 Å². The zero-order valence-electron chi connectivity index (χ0n) is 19.0. The van der Waals surface area contributed by atoms with Crippen molar-refractivity contribution in [3.8, 4) is 11.3 Å². The SMILES string of the molecule is CCN(CC)CCNC(=O)c1cc(-c2ccc(/C=C3/C(=O)Nc4ccc(F)cc43)o2)ccc1Cl. The molecule has 2 aromatic carbocycles. The van der Waals surface area contributed by atoms with E-state index in [0.717, 1.165) is 19.6 Å². The van der Waals surface area contributed by atoms with Crippen LogP contribution in [0.15, 0.2) is 52.9 Å². The minimum atomic E-state index is -0.426. The molecule has 0 bridgehead atoms. The molecular formula is C26H25ClFN3O3. The first-order valence-electron chi connectivity index (χ1n) is 11.1. The Bertz CT molecular complexity index is 1260. The maximum Gasteiger partial charge on any atom is 0.256 e. The van der Waals surface area contributed by atoms with E-state index in [4.69, 9.17) is 16.0 Å².